The Hall–Kier alpha value is -1.04. The van der Waals surface area contributed by atoms with E-state index in [0.29, 0.717) is 18.3 Å². The average molecular weight is 294 g/mol. The van der Waals surface area contributed by atoms with Gasteiger partial charge in [0.2, 0.25) is 5.16 Å². The summed E-state index contributed by atoms with van der Waals surface area (Å²) in [6.07, 6.45) is 7.01. The summed E-state index contributed by atoms with van der Waals surface area (Å²) in [4.78, 5) is 18.2. The minimum atomic E-state index is -0.0812. The van der Waals surface area contributed by atoms with Crippen molar-refractivity contribution >= 4 is 17.8 Å². The zero-order valence-electron chi connectivity index (χ0n) is 12.2. The summed E-state index contributed by atoms with van der Waals surface area (Å²) in [7, 11) is 0. The summed E-state index contributed by atoms with van der Waals surface area (Å²) in [5.41, 5.74) is 0. The third-order valence-corrected chi connectivity index (χ3v) is 5.91. The highest BCUT2D eigenvalue weighted by atomic mass is 32.2. The summed E-state index contributed by atoms with van der Waals surface area (Å²) in [5, 5.41) is 5.76. The number of rotatable bonds is 4. The van der Waals surface area contributed by atoms with E-state index in [1.54, 1.807) is 23.0 Å². The monoisotopic (exact) mass is 294 g/mol. The molecule has 1 heterocycles. The van der Waals surface area contributed by atoms with Crippen molar-refractivity contribution < 1.29 is 4.79 Å². The number of hydrogen-bond acceptors (Lipinski definition) is 4. The van der Waals surface area contributed by atoms with Gasteiger partial charge in [-0.3, -0.25) is 0 Å². The molecule has 3 rings (SSSR count). The molecule has 0 unspecified atom stereocenters. The second kappa shape index (κ2) is 5.76. The van der Waals surface area contributed by atoms with E-state index in [9.17, 15) is 4.79 Å². The SMILES string of the molecule is CCN(CC)C(=O)n1cnc(S[C@@H]2C[C@H]3CC[C@@H]2C3)n1. The van der Waals surface area contributed by atoms with Crippen molar-refractivity contribution in [3.8, 4) is 0 Å². The molecule has 1 aromatic rings. The van der Waals surface area contributed by atoms with Crippen molar-refractivity contribution in [3.05, 3.63) is 6.33 Å². The van der Waals surface area contributed by atoms with Crippen molar-refractivity contribution in [2.24, 2.45) is 11.8 Å². The van der Waals surface area contributed by atoms with E-state index in [1.807, 2.05) is 13.8 Å². The van der Waals surface area contributed by atoms with Gasteiger partial charge in [-0.1, -0.05) is 18.2 Å². The van der Waals surface area contributed by atoms with Crippen molar-refractivity contribution in [1.82, 2.24) is 19.7 Å². The number of nitrogens with zero attached hydrogens (tertiary/aromatic N) is 4. The summed E-state index contributed by atoms with van der Waals surface area (Å²) >= 11 is 1.77. The van der Waals surface area contributed by atoms with Crippen LogP contribution in [0.15, 0.2) is 11.5 Å². The molecule has 1 aromatic heterocycles. The third kappa shape index (κ3) is 2.57. The molecule has 0 aromatic carbocycles. The predicted octanol–water partition coefficient (Wildman–Crippen LogP) is 2.87. The standard InChI is InChI=1S/C14H22N4OS/c1-3-17(4-2)14(19)18-9-15-13(16-18)20-12-8-10-5-6-11(12)7-10/h9-12H,3-8H2,1-2H3/t10-,11+,12+/m0/s1. The summed E-state index contributed by atoms with van der Waals surface area (Å²) in [6.45, 7) is 5.35. The molecule has 0 saturated heterocycles. The molecular formula is C14H22N4OS. The van der Waals surface area contributed by atoms with Crippen molar-refractivity contribution in [1.29, 1.82) is 0 Å². The van der Waals surface area contributed by atoms with Gasteiger partial charge in [-0.15, -0.1) is 5.10 Å². The first kappa shape index (κ1) is 13.9. The number of aromatic nitrogens is 3. The van der Waals surface area contributed by atoms with Gasteiger partial charge in [0.15, 0.2) is 0 Å². The van der Waals surface area contributed by atoms with Gasteiger partial charge in [0.1, 0.15) is 6.33 Å². The molecule has 2 fully saturated rings. The number of carbonyl (C=O) groups is 1. The van der Waals surface area contributed by atoms with Crippen molar-refractivity contribution in [3.63, 3.8) is 0 Å². The highest BCUT2D eigenvalue weighted by molar-refractivity contribution is 7.99. The first-order chi connectivity index (χ1) is 9.71. The maximum absolute atomic E-state index is 12.2. The van der Waals surface area contributed by atoms with E-state index in [2.05, 4.69) is 10.1 Å². The lowest BCUT2D eigenvalue weighted by atomic mass is 10.0. The largest absolute Gasteiger partial charge is 0.346 e. The summed E-state index contributed by atoms with van der Waals surface area (Å²) < 4.78 is 1.38. The molecule has 6 heteroatoms. The number of fused-ring (bicyclic) bond motifs is 2. The molecule has 20 heavy (non-hydrogen) atoms. The lowest BCUT2D eigenvalue weighted by Crippen LogP contribution is -2.34. The molecule has 2 aliphatic rings. The van der Waals surface area contributed by atoms with Crippen molar-refractivity contribution in [2.45, 2.75) is 49.9 Å². The number of amides is 1. The smallest absolute Gasteiger partial charge is 0.323 e. The first-order valence-electron chi connectivity index (χ1n) is 7.58. The molecule has 2 bridgehead atoms. The minimum Gasteiger partial charge on any atom is -0.323 e. The van der Waals surface area contributed by atoms with Crippen LogP contribution in [0.3, 0.4) is 0 Å². The van der Waals surface area contributed by atoms with Crippen LogP contribution in [0.1, 0.15) is 39.5 Å². The van der Waals surface area contributed by atoms with E-state index in [4.69, 9.17) is 0 Å². The van der Waals surface area contributed by atoms with Crippen LogP contribution < -0.4 is 0 Å². The van der Waals surface area contributed by atoms with Gasteiger partial charge in [-0.25, -0.2) is 9.78 Å². The maximum Gasteiger partial charge on any atom is 0.346 e. The zero-order valence-corrected chi connectivity index (χ0v) is 13.0. The number of carbonyl (C=O) groups excluding carboxylic acids is 1. The van der Waals surface area contributed by atoms with E-state index < -0.39 is 0 Å². The fourth-order valence-electron chi connectivity index (χ4n) is 3.50. The molecule has 0 aliphatic heterocycles. The Balaban J connectivity index is 1.63. The van der Waals surface area contributed by atoms with Gasteiger partial charge < -0.3 is 4.90 Å². The molecule has 110 valence electrons. The van der Waals surface area contributed by atoms with Gasteiger partial charge in [-0.2, -0.15) is 4.68 Å². The Bertz CT molecular complexity index is 485. The topological polar surface area (TPSA) is 51.0 Å². The first-order valence-corrected chi connectivity index (χ1v) is 8.46. The Morgan fingerprint density at radius 3 is 2.80 bits per heavy atom. The maximum atomic E-state index is 12.2. The van der Waals surface area contributed by atoms with E-state index in [0.717, 1.165) is 17.0 Å². The molecule has 5 nitrogen and oxygen atoms in total. The fraction of sp³-hybridized carbons (Fsp3) is 0.786. The van der Waals surface area contributed by atoms with Gasteiger partial charge in [0.05, 0.1) is 0 Å². The van der Waals surface area contributed by atoms with E-state index in [-0.39, 0.29) is 6.03 Å². The van der Waals surface area contributed by atoms with Crippen LogP contribution in [-0.4, -0.2) is 44.0 Å². The summed E-state index contributed by atoms with van der Waals surface area (Å²) in [6, 6.07) is -0.0812. The molecule has 0 N–H and O–H groups in total. The molecule has 2 saturated carbocycles. The molecule has 0 spiro atoms. The highest BCUT2D eigenvalue weighted by Gasteiger charge is 2.40. The zero-order chi connectivity index (χ0) is 14.1. The van der Waals surface area contributed by atoms with Crippen LogP contribution in [0.25, 0.3) is 0 Å². The summed E-state index contributed by atoms with van der Waals surface area (Å²) in [5.74, 6) is 1.77. The molecule has 1 amide bonds. The van der Waals surface area contributed by atoms with Crippen LogP contribution in [0.4, 0.5) is 4.79 Å². The number of hydrogen-bond donors (Lipinski definition) is 0. The molecule has 3 atom stereocenters. The Labute approximate surface area is 124 Å². The van der Waals surface area contributed by atoms with Gasteiger partial charge in [0.25, 0.3) is 0 Å². The molecule has 0 radical (unpaired) electrons. The second-order valence-electron chi connectivity index (χ2n) is 5.76. The van der Waals surface area contributed by atoms with Crippen LogP contribution in [0.5, 0.6) is 0 Å². The van der Waals surface area contributed by atoms with Crippen LogP contribution >= 0.6 is 11.8 Å². The quantitative estimate of drug-likeness (QED) is 0.857. The van der Waals surface area contributed by atoms with E-state index >= 15 is 0 Å². The predicted molar refractivity (Wildman–Crippen MR) is 78.8 cm³/mol. The van der Waals surface area contributed by atoms with E-state index in [1.165, 1.54) is 30.4 Å². The highest BCUT2D eigenvalue weighted by Crippen LogP contribution is 2.50. The fourth-order valence-corrected chi connectivity index (χ4v) is 4.82. The Morgan fingerprint density at radius 2 is 2.20 bits per heavy atom. The van der Waals surface area contributed by atoms with Crippen LogP contribution in [0.2, 0.25) is 0 Å². The number of thioether (sulfide) groups is 1. The van der Waals surface area contributed by atoms with Crippen LogP contribution in [-0.2, 0) is 0 Å². The molecular weight excluding hydrogens is 272 g/mol. The van der Waals surface area contributed by atoms with Gasteiger partial charge in [0, 0.05) is 18.3 Å². The normalized spacial score (nSPS) is 28.0. The Morgan fingerprint density at radius 1 is 1.40 bits per heavy atom. The lowest BCUT2D eigenvalue weighted by Gasteiger charge is -2.19. The van der Waals surface area contributed by atoms with Crippen molar-refractivity contribution in [2.75, 3.05) is 13.1 Å². The third-order valence-electron chi connectivity index (χ3n) is 4.63. The average Bonchev–Trinajstić information content (AvgIpc) is 3.16. The Kier molecular flexibility index (Phi) is 4.01. The van der Waals surface area contributed by atoms with Gasteiger partial charge in [-0.05, 0) is 44.9 Å². The minimum absolute atomic E-state index is 0.0812. The van der Waals surface area contributed by atoms with Gasteiger partial charge >= 0.3 is 6.03 Å². The molecule has 2 aliphatic carbocycles. The van der Waals surface area contributed by atoms with Crippen LogP contribution in [0, 0.1) is 11.8 Å². The second-order valence-corrected chi connectivity index (χ2v) is 6.96. The lowest BCUT2D eigenvalue weighted by molar-refractivity contribution is 0.201.